The number of rotatable bonds is 2. The van der Waals surface area contributed by atoms with Crippen molar-refractivity contribution in [1.82, 2.24) is 0 Å². The Bertz CT molecular complexity index is 362. The molecule has 5 heteroatoms. The molecule has 74 valence electrons. The molecule has 0 bridgehead atoms. The summed E-state index contributed by atoms with van der Waals surface area (Å²) in [4.78, 5) is 21.1. The minimum absolute atomic E-state index is 0.0195. The fourth-order valence-corrected chi connectivity index (χ4v) is 0.964. The van der Waals surface area contributed by atoms with Crippen LogP contribution >= 0.6 is 0 Å². The second kappa shape index (κ2) is 4.27. The first-order chi connectivity index (χ1) is 6.59. The molecule has 3 N–H and O–H groups in total. The maximum atomic E-state index is 10.9. The highest BCUT2D eigenvalue weighted by atomic mass is 16.6. The second-order valence-corrected chi connectivity index (χ2v) is 2.60. The third kappa shape index (κ3) is 2.78. The number of phenolic OH excluding ortho intramolecular Hbond substituents is 1. The molecule has 0 saturated heterocycles. The zero-order valence-electron chi connectivity index (χ0n) is 7.27. The number of para-hydroxylation sites is 1. The molecule has 1 amide bonds. The van der Waals surface area contributed by atoms with Gasteiger partial charge < -0.3 is 15.6 Å². The van der Waals surface area contributed by atoms with Gasteiger partial charge in [0.05, 0.1) is 6.42 Å². The van der Waals surface area contributed by atoms with Crippen LogP contribution in [0.4, 0.5) is 4.79 Å². The van der Waals surface area contributed by atoms with Crippen molar-refractivity contribution in [2.75, 3.05) is 0 Å². The van der Waals surface area contributed by atoms with Crippen molar-refractivity contribution in [3.8, 4) is 5.75 Å². The first kappa shape index (κ1) is 10.0. The lowest BCUT2D eigenvalue weighted by Gasteiger charge is -2.02. The van der Waals surface area contributed by atoms with Crippen LogP contribution in [-0.4, -0.2) is 17.2 Å². The van der Waals surface area contributed by atoms with Gasteiger partial charge in [-0.05, 0) is 6.07 Å². The molecule has 1 rings (SSSR count). The zero-order chi connectivity index (χ0) is 10.6. The number of aromatic hydroxyl groups is 1. The molecule has 0 saturated carbocycles. The lowest BCUT2D eigenvalue weighted by molar-refractivity contribution is -0.136. The molecule has 0 heterocycles. The van der Waals surface area contributed by atoms with Crippen molar-refractivity contribution in [2.45, 2.75) is 6.42 Å². The molecule has 0 radical (unpaired) electrons. The van der Waals surface area contributed by atoms with Gasteiger partial charge >= 0.3 is 12.1 Å². The minimum atomic E-state index is -1.15. The van der Waals surface area contributed by atoms with Crippen molar-refractivity contribution in [3.05, 3.63) is 29.8 Å². The second-order valence-electron chi connectivity index (χ2n) is 2.60. The first-order valence-electron chi connectivity index (χ1n) is 3.86. The topological polar surface area (TPSA) is 89.6 Å². The number of ether oxygens (including phenoxy) is 1. The van der Waals surface area contributed by atoms with Gasteiger partial charge in [-0.1, -0.05) is 18.2 Å². The standard InChI is InChI=1S/C9H9NO4/c10-9(13)14-8(12)5-6-3-1-2-4-7(6)11/h1-4,11H,5H2,(H2,10,13). The summed E-state index contributed by atoms with van der Waals surface area (Å²) in [6, 6.07) is 6.27. The van der Waals surface area contributed by atoms with E-state index >= 15 is 0 Å². The number of carbonyl (C=O) groups excluding carboxylic acids is 2. The molecular formula is C9H9NO4. The van der Waals surface area contributed by atoms with E-state index < -0.39 is 12.1 Å². The van der Waals surface area contributed by atoms with E-state index in [2.05, 4.69) is 10.5 Å². The highest BCUT2D eigenvalue weighted by Gasteiger charge is 2.10. The van der Waals surface area contributed by atoms with Crippen LogP contribution in [0.1, 0.15) is 5.56 Å². The van der Waals surface area contributed by atoms with E-state index in [1.165, 1.54) is 6.07 Å². The summed E-state index contributed by atoms with van der Waals surface area (Å²) < 4.78 is 4.10. The van der Waals surface area contributed by atoms with Gasteiger partial charge in [-0.25, -0.2) is 4.79 Å². The molecular weight excluding hydrogens is 186 g/mol. The van der Waals surface area contributed by atoms with Gasteiger partial charge in [0.15, 0.2) is 0 Å². The molecule has 14 heavy (non-hydrogen) atoms. The summed E-state index contributed by atoms with van der Waals surface area (Å²) >= 11 is 0. The van der Waals surface area contributed by atoms with E-state index in [4.69, 9.17) is 0 Å². The highest BCUT2D eigenvalue weighted by Crippen LogP contribution is 2.16. The van der Waals surface area contributed by atoms with E-state index in [9.17, 15) is 14.7 Å². The molecule has 1 aromatic rings. The van der Waals surface area contributed by atoms with Gasteiger partial charge in [-0.2, -0.15) is 0 Å². The van der Waals surface area contributed by atoms with Crippen LogP contribution in [0, 0.1) is 0 Å². The Morgan fingerprint density at radius 2 is 2.00 bits per heavy atom. The summed E-state index contributed by atoms with van der Waals surface area (Å²) in [5, 5.41) is 9.27. The van der Waals surface area contributed by atoms with Gasteiger partial charge in [0.2, 0.25) is 0 Å². The molecule has 0 aliphatic heterocycles. The summed E-state index contributed by atoms with van der Waals surface area (Å²) in [5.41, 5.74) is 5.03. The van der Waals surface area contributed by atoms with E-state index in [0.717, 1.165) is 0 Å². The monoisotopic (exact) mass is 195 g/mol. The number of amides is 1. The number of benzene rings is 1. The van der Waals surface area contributed by atoms with E-state index in [1.54, 1.807) is 18.2 Å². The van der Waals surface area contributed by atoms with Crippen LogP contribution in [0.2, 0.25) is 0 Å². The fourth-order valence-electron chi connectivity index (χ4n) is 0.964. The Morgan fingerprint density at radius 3 is 2.57 bits per heavy atom. The van der Waals surface area contributed by atoms with Crippen LogP contribution in [-0.2, 0) is 16.0 Å². The molecule has 5 nitrogen and oxygen atoms in total. The third-order valence-corrected chi connectivity index (χ3v) is 1.54. The zero-order valence-corrected chi connectivity index (χ0v) is 7.27. The summed E-state index contributed by atoms with van der Waals surface area (Å²) in [6.45, 7) is 0. The summed E-state index contributed by atoms with van der Waals surface area (Å²) in [7, 11) is 0. The minimum Gasteiger partial charge on any atom is -0.508 e. The molecule has 0 aliphatic carbocycles. The quantitative estimate of drug-likeness (QED) is 0.532. The first-order valence-corrected chi connectivity index (χ1v) is 3.86. The molecule has 0 fully saturated rings. The smallest absolute Gasteiger partial charge is 0.412 e. The third-order valence-electron chi connectivity index (χ3n) is 1.54. The molecule has 0 spiro atoms. The van der Waals surface area contributed by atoms with Gasteiger partial charge in [-0.3, -0.25) is 4.79 Å². The molecule has 0 aliphatic rings. The Hall–Kier alpha value is -2.04. The van der Waals surface area contributed by atoms with E-state index in [1.807, 2.05) is 0 Å². The SMILES string of the molecule is NC(=O)OC(=O)Cc1ccccc1O. The number of carbonyl (C=O) groups is 2. The summed E-state index contributed by atoms with van der Waals surface area (Å²) in [5.74, 6) is -0.812. The molecule has 0 aromatic heterocycles. The average Bonchev–Trinajstić information content (AvgIpc) is 2.07. The Labute approximate surface area is 80.1 Å². The van der Waals surface area contributed by atoms with Gasteiger partial charge in [0.1, 0.15) is 5.75 Å². The number of primary amides is 1. The normalized spacial score (nSPS) is 9.43. The predicted octanol–water partition coefficient (Wildman–Crippen LogP) is 0.557. The Balaban J connectivity index is 2.65. The van der Waals surface area contributed by atoms with Crippen molar-refractivity contribution in [3.63, 3.8) is 0 Å². The number of hydrogen-bond donors (Lipinski definition) is 2. The van der Waals surface area contributed by atoms with Gasteiger partial charge in [0.25, 0.3) is 0 Å². The molecule has 1 aromatic carbocycles. The van der Waals surface area contributed by atoms with E-state index in [-0.39, 0.29) is 12.2 Å². The Kier molecular flexibility index (Phi) is 3.06. The van der Waals surface area contributed by atoms with Crippen LogP contribution in [0.3, 0.4) is 0 Å². The highest BCUT2D eigenvalue weighted by molar-refractivity contribution is 5.85. The van der Waals surface area contributed by atoms with E-state index in [0.29, 0.717) is 5.56 Å². The van der Waals surface area contributed by atoms with Crippen molar-refractivity contribution in [1.29, 1.82) is 0 Å². The van der Waals surface area contributed by atoms with Crippen LogP contribution in [0.5, 0.6) is 5.75 Å². The lowest BCUT2D eigenvalue weighted by atomic mass is 10.1. The number of nitrogens with two attached hydrogens (primary N) is 1. The number of phenols is 1. The lowest BCUT2D eigenvalue weighted by Crippen LogP contribution is -2.19. The molecule has 0 atom stereocenters. The van der Waals surface area contributed by atoms with Crippen molar-refractivity contribution >= 4 is 12.1 Å². The summed E-state index contributed by atoms with van der Waals surface area (Å²) in [6.07, 6.45) is -1.33. The van der Waals surface area contributed by atoms with Crippen molar-refractivity contribution < 1.29 is 19.4 Å². The predicted molar refractivity (Wildman–Crippen MR) is 47.5 cm³/mol. The Morgan fingerprint density at radius 1 is 1.36 bits per heavy atom. The van der Waals surface area contributed by atoms with Crippen molar-refractivity contribution in [2.24, 2.45) is 5.73 Å². The van der Waals surface area contributed by atoms with Crippen LogP contribution in [0.15, 0.2) is 24.3 Å². The largest absolute Gasteiger partial charge is 0.508 e. The fraction of sp³-hybridized carbons (Fsp3) is 0.111. The van der Waals surface area contributed by atoms with Gasteiger partial charge in [0, 0.05) is 5.56 Å². The van der Waals surface area contributed by atoms with Gasteiger partial charge in [-0.15, -0.1) is 0 Å². The average molecular weight is 195 g/mol. The van der Waals surface area contributed by atoms with Crippen LogP contribution < -0.4 is 5.73 Å². The number of hydrogen-bond acceptors (Lipinski definition) is 4. The maximum absolute atomic E-state index is 10.9. The number of esters is 1. The van der Waals surface area contributed by atoms with Crippen LogP contribution in [0.25, 0.3) is 0 Å². The maximum Gasteiger partial charge on any atom is 0.412 e. The molecule has 0 unspecified atom stereocenters.